The van der Waals surface area contributed by atoms with Gasteiger partial charge in [0.1, 0.15) is 0 Å². The quantitative estimate of drug-likeness (QED) is 0.807. The molecule has 152 valence electrons. The van der Waals surface area contributed by atoms with E-state index in [1.165, 1.54) is 12.3 Å². The zero-order valence-corrected chi connectivity index (χ0v) is 15.1. The number of aromatic nitrogens is 4. The minimum Gasteiger partial charge on any atom is -0.468 e. The van der Waals surface area contributed by atoms with Crippen molar-refractivity contribution in [3.63, 3.8) is 0 Å². The fourth-order valence-corrected chi connectivity index (χ4v) is 3.08. The molecule has 28 heavy (non-hydrogen) atoms. The molecule has 8 nitrogen and oxygen atoms in total. The first-order chi connectivity index (χ1) is 13.4. The molecule has 2 amide bonds. The second-order valence-electron chi connectivity index (χ2n) is 6.64. The first kappa shape index (κ1) is 19.9. The molecule has 1 unspecified atom stereocenters. The largest absolute Gasteiger partial charge is 0.468 e. The summed E-state index contributed by atoms with van der Waals surface area (Å²) in [5.41, 5.74) is 0.608. The van der Waals surface area contributed by atoms with Crippen molar-refractivity contribution in [1.82, 2.24) is 30.2 Å². The molecule has 0 aliphatic carbocycles. The highest BCUT2D eigenvalue weighted by molar-refractivity contribution is 5.74. The van der Waals surface area contributed by atoms with E-state index in [1.807, 2.05) is 0 Å². The molecule has 11 heteroatoms. The average molecular weight is 398 g/mol. The Kier molecular flexibility index (Phi) is 6.32. The molecule has 1 fully saturated rings. The predicted octanol–water partition coefficient (Wildman–Crippen LogP) is 2.24. The Balaban J connectivity index is 1.48. The summed E-state index contributed by atoms with van der Waals surface area (Å²) in [4.78, 5) is 17.9. The smallest absolute Gasteiger partial charge is 0.422 e. The Morgan fingerprint density at radius 2 is 2.21 bits per heavy atom. The number of piperidine rings is 1. The van der Waals surface area contributed by atoms with Crippen LogP contribution in [0.3, 0.4) is 0 Å². The molecule has 0 saturated carbocycles. The summed E-state index contributed by atoms with van der Waals surface area (Å²) in [5.74, 6) is 0.166. The van der Waals surface area contributed by atoms with Gasteiger partial charge in [-0.15, -0.1) is 5.10 Å². The SMILES string of the molecule is O=C(NCc1ccnc(OCC(F)(F)F)c1)N1CCCC(Cn2ccnn2)C1. The van der Waals surface area contributed by atoms with Crippen molar-refractivity contribution in [2.75, 3.05) is 19.7 Å². The first-order valence-corrected chi connectivity index (χ1v) is 8.90. The molecule has 0 radical (unpaired) electrons. The summed E-state index contributed by atoms with van der Waals surface area (Å²) >= 11 is 0. The van der Waals surface area contributed by atoms with E-state index in [2.05, 4.69) is 25.3 Å². The van der Waals surface area contributed by atoms with Crippen LogP contribution in [0, 0.1) is 5.92 Å². The molecule has 0 bridgehead atoms. The van der Waals surface area contributed by atoms with Crippen molar-refractivity contribution in [2.24, 2.45) is 5.92 Å². The first-order valence-electron chi connectivity index (χ1n) is 8.90. The number of carbonyl (C=O) groups is 1. The predicted molar refractivity (Wildman–Crippen MR) is 92.3 cm³/mol. The van der Waals surface area contributed by atoms with Crippen molar-refractivity contribution in [1.29, 1.82) is 0 Å². The van der Waals surface area contributed by atoms with Gasteiger partial charge in [0.25, 0.3) is 0 Å². The minimum absolute atomic E-state index is 0.130. The number of nitrogens with zero attached hydrogens (tertiary/aromatic N) is 5. The molecule has 2 aromatic rings. The molecule has 3 rings (SSSR count). The maximum absolute atomic E-state index is 12.4. The lowest BCUT2D eigenvalue weighted by Crippen LogP contribution is -2.46. The van der Waals surface area contributed by atoms with Crippen molar-refractivity contribution < 1.29 is 22.7 Å². The highest BCUT2D eigenvalue weighted by atomic mass is 19.4. The number of amides is 2. The fourth-order valence-electron chi connectivity index (χ4n) is 3.08. The molecule has 2 aromatic heterocycles. The number of alkyl halides is 3. The molecular formula is C17H21F3N6O2. The van der Waals surface area contributed by atoms with E-state index in [0.717, 1.165) is 12.8 Å². The van der Waals surface area contributed by atoms with Gasteiger partial charge >= 0.3 is 12.2 Å². The normalized spacial score (nSPS) is 17.4. The number of halogens is 3. The molecule has 1 aliphatic rings. The van der Waals surface area contributed by atoms with Gasteiger partial charge in [0.15, 0.2) is 6.61 Å². The lowest BCUT2D eigenvalue weighted by molar-refractivity contribution is -0.154. The van der Waals surface area contributed by atoms with E-state index in [1.54, 1.807) is 28.0 Å². The second kappa shape index (κ2) is 8.89. The van der Waals surface area contributed by atoms with Gasteiger partial charge in [-0.05, 0) is 30.4 Å². The summed E-state index contributed by atoms with van der Waals surface area (Å²) in [5, 5.41) is 10.5. The monoisotopic (exact) mass is 398 g/mol. The van der Waals surface area contributed by atoms with Crippen molar-refractivity contribution in [3.8, 4) is 5.88 Å². The number of rotatable bonds is 6. The number of carbonyl (C=O) groups excluding carboxylic acids is 1. The van der Waals surface area contributed by atoms with Crippen LogP contribution in [0.1, 0.15) is 18.4 Å². The van der Waals surface area contributed by atoms with Gasteiger partial charge in [0, 0.05) is 44.6 Å². The number of hydrogen-bond acceptors (Lipinski definition) is 5. The second-order valence-corrected chi connectivity index (χ2v) is 6.64. The summed E-state index contributed by atoms with van der Waals surface area (Å²) in [6.45, 7) is 0.747. The number of likely N-dealkylation sites (tertiary alicyclic amines) is 1. The number of hydrogen-bond donors (Lipinski definition) is 1. The molecule has 1 saturated heterocycles. The van der Waals surface area contributed by atoms with Gasteiger partial charge in [-0.1, -0.05) is 5.21 Å². The van der Waals surface area contributed by atoms with Crippen molar-refractivity contribution in [3.05, 3.63) is 36.3 Å². The Morgan fingerprint density at radius 3 is 2.96 bits per heavy atom. The Hall–Kier alpha value is -2.85. The van der Waals surface area contributed by atoms with E-state index in [0.29, 0.717) is 31.1 Å². The fraction of sp³-hybridized carbons (Fsp3) is 0.529. The lowest BCUT2D eigenvalue weighted by atomic mass is 9.98. The van der Waals surface area contributed by atoms with Crippen LogP contribution < -0.4 is 10.1 Å². The van der Waals surface area contributed by atoms with Crippen LogP contribution in [0.2, 0.25) is 0 Å². The Morgan fingerprint density at radius 1 is 1.36 bits per heavy atom. The maximum Gasteiger partial charge on any atom is 0.422 e. The van der Waals surface area contributed by atoms with Gasteiger partial charge in [0.05, 0.1) is 6.20 Å². The van der Waals surface area contributed by atoms with Crippen LogP contribution in [0.15, 0.2) is 30.7 Å². The number of pyridine rings is 1. The molecule has 0 aromatic carbocycles. The highest BCUT2D eigenvalue weighted by Gasteiger charge is 2.28. The summed E-state index contributed by atoms with van der Waals surface area (Å²) < 4.78 is 43.1. The lowest BCUT2D eigenvalue weighted by Gasteiger charge is -2.32. The van der Waals surface area contributed by atoms with Crippen LogP contribution >= 0.6 is 0 Å². The standard InChI is InChI=1S/C17H21F3N6O2/c18-17(19,20)12-28-15-8-13(3-4-21-15)9-22-16(27)25-6-1-2-14(10-25)11-26-7-5-23-24-26/h3-5,7-8,14H,1-2,6,9-12H2,(H,22,27). The number of ether oxygens (including phenoxy) is 1. The molecule has 1 N–H and O–H groups in total. The number of nitrogens with one attached hydrogen (secondary N) is 1. The average Bonchev–Trinajstić information content (AvgIpc) is 3.17. The van der Waals surface area contributed by atoms with Crippen molar-refractivity contribution in [2.45, 2.75) is 32.1 Å². The summed E-state index contributed by atoms with van der Waals surface area (Å²) in [6, 6.07) is 2.79. The van der Waals surface area contributed by atoms with Crippen LogP contribution in [0.4, 0.5) is 18.0 Å². The van der Waals surface area contributed by atoms with E-state index in [4.69, 9.17) is 0 Å². The van der Waals surface area contributed by atoms with Crippen LogP contribution in [0.25, 0.3) is 0 Å². The van der Waals surface area contributed by atoms with Crippen molar-refractivity contribution >= 4 is 6.03 Å². The minimum atomic E-state index is -4.43. The van der Waals surface area contributed by atoms with E-state index >= 15 is 0 Å². The molecule has 3 heterocycles. The van der Waals surface area contributed by atoms with E-state index in [-0.39, 0.29) is 18.5 Å². The third-order valence-corrected chi connectivity index (χ3v) is 4.35. The van der Waals surface area contributed by atoms with E-state index < -0.39 is 12.8 Å². The van der Waals surface area contributed by atoms with Gasteiger partial charge in [0.2, 0.25) is 5.88 Å². The van der Waals surface area contributed by atoms with Crippen LogP contribution in [-0.4, -0.2) is 56.8 Å². The summed E-state index contributed by atoms with van der Waals surface area (Å²) in [7, 11) is 0. The van der Waals surface area contributed by atoms with Crippen LogP contribution in [-0.2, 0) is 13.1 Å². The van der Waals surface area contributed by atoms with Gasteiger partial charge in [-0.25, -0.2) is 9.78 Å². The van der Waals surface area contributed by atoms with Gasteiger partial charge in [-0.2, -0.15) is 13.2 Å². The molecule has 0 spiro atoms. The molecular weight excluding hydrogens is 377 g/mol. The Labute approximate surface area is 159 Å². The van der Waals surface area contributed by atoms with Gasteiger partial charge < -0.3 is 15.0 Å². The highest BCUT2D eigenvalue weighted by Crippen LogP contribution is 2.19. The Bertz CT molecular complexity index is 769. The zero-order valence-electron chi connectivity index (χ0n) is 15.1. The third-order valence-electron chi connectivity index (χ3n) is 4.35. The molecule has 1 aliphatic heterocycles. The maximum atomic E-state index is 12.4. The topological polar surface area (TPSA) is 85.2 Å². The van der Waals surface area contributed by atoms with Gasteiger partial charge in [-0.3, -0.25) is 4.68 Å². The third kappa shape index (κ3) is 6.10. The van der Waals surface area contributed by atoms with Crippen LogP contribution in [0.5, 0.6) is 5.88 Å². The van der Waals surface area contributed by atoms with E-state index in [9.17, 15) is 18.0 Å². The zero-order chi connectivity index (χ0) is 20.0. The summed E-state index contributed by atoms with van der Waals surface area (Å²) in [6.07, 6.45) is 2.24. The number of urea groups is 1. The molecule has 1 atom stereocenters.